The van der Waals surface area contributed by atoms with Gasteiger partial charge in [0.25, 0.3) is 11.5 Å². The highest BCUT2D eigenvalue weighted by molar-refractivity contribution is 5.95. The van der Waals surface area contributed by atoms with Crippen LogP contribution in [0.4, 0.5) is 0 Å². The number of pyridine rings is 2. The van der Waals surface area contributed by atoms with Gasteiger partial charge in [0, 0.05) is 41.3 Å². The molecule has 6 heteroatoms. The first-order valence-electron chi connectivity index (χ1n) is 9.61. The molecular weight excluding hydrogens is 366 g/mol. The summed E-state index contributed by atoms with van der Waals surface area (Å²) < 4.78 is 5.15. The van der Waals surface area contributed by atoms with Gasteiger partial charge in [-0.05, 0) is 49.6 Å². The average molecular weight is 391 g/mol. The Bertz CT molecular complexity index is 1060. The van der Waals surface area contributed by atoms with Crippen LogP contribution in [0.15, 0.2) is 53.6 Å². The number of aromatic nitrogens is 2. The SMILES string of the molecule is CCc1cc(-c2cncc(C(=O)NCCc3ccc(OC)cc3)c2)c(C)[nH]c1=O. The normalized spacial score (nSPS) is 10.6. The van der Waals surface area contributed by atoms with Gasteiger partial charge in [0.1, 0.15) is 5.75 Å². The van der Waals surface area contributed by atoms with Gasteiger partial charge in [-0.15, -0.1) is 0 Å². The number of hydrogen-bond acceptors (Lipinski definition) is 4. The van der Waals surface area contributed by atoms with Crippen LogP contribution in [0, 0.1) is 6.92 Å². The van der Waals surface area contributed by atoms with Crippen molar-refractivity contribution < 1.29 is 9.53 Å². The van der Waals surface area contributed by atoms with Gasteiger partial charge in [-0.1, -0.05) is 19.1 Å². The molecule has 0 atom stereocenters. The highest BCUT2D eigenvalue weighted by atomic mass is 16.5. The van der Waals surface area contributed by atoms with Crippen LogP contribution in [0.2, 0.25) is 0 Å². The number of carbonyl (C=O) groups excluding carboxylic acids is 1. The molecule has 2 heterocycles. The summed E-state index contributed by atoms with van der Waals surface area (Å²) in [5, 5.41) is 2.93. The summed E-state index contributed by atoms with van der Waals surface area (Å²) in [7, 11) is 1.63. The molecule has 2 aromatic heterocycles. The van der Waals surface area contributed by atoms with Gasteiger partial charge in [-0.2, -0.15) is 0 Å². The van der Waals surface area contributed by atoms with Crippen molar-refractivity contribution in [1.82, 2.24) is 15.3 Å². The standard InChI is InChI=1S/C23H25N3O3/c1-4-17-12-21(15(2)26-23(17)28)18-11-19(14-24-13-18)22(27)25-10-9-16-5-7-20(29-3)8-6-16/h5-8,11-14H,4,9-10H2,1-3H3,(H,25,27)(H,26,28). The molecule has 3 aromatic rings. The van der Waals surface area contributed by atoms with Crippen LogP contribution >= 0.6 is 0 Å². The van der Waals surface area contributed by atoms with E-state index in [1.54, 1.807) is 25.6 Å². The average Bonchev–Trinajstić information content (AvgIpc) is 2.74. The smallest absolute Gasteiger partial charge is 0.252 e. The highest BCUT2D eigenvalue weighted by Crippen LogP contribution is 2.22. The Balaban J connectivity index is 1.70. The zero-order valence-corrected chi connectivity index (χ0v) is 16.9. The Morgan fingerprint density at radius 2 is 1.93 bits per heavy atom. The zero-order chi connectivity index (χ0) is 20.8. The van der Waals surface area contributed by atoms with E-state index in [9.17, 15) is 9.59 Å². The Labute approximate surface area is 170 Å². The minimum absolute atomic E-state index is 0.0749. The summed E-state index contributed by atoms with van der Waals surface area (Å²) in [4.78, 5) is 31.6. The predicted octanol–water partition coefficient (Wildman–Crippen LogP) is 3.29. The van der Waals surface area contributed by atoms with Gasteiger partial charge >= 0.3 is 0 Å². The molecule has 0 saturated carbocycles. The van der Waals surface area contributed by atoms with Crippen LogP contribution in [0.5, 0.6) is 5.75 Å². The van der Waals surface area contributed by atoms with E-state index in [0.29, 0.717) is 24.1 Å². The molecule has 0 bridgehead atoms. The number of carbonyl (C=O) groups is 1. The lowest BCUT2D eigenvalue weighted by atomic mass is 10.0. The number of aryl methyl sites for hydroxylation is 2. The maximum absolute atomic E-state index is 12.6. The molecule has 1 amide bonds. The van der Waals surface area contributed by atoms with Crippen molar-refractivity contribution in [3.63, 3.8) is 0 Å². The number of ether oxygens (including phenoxy) is 1. The summed E-state index contributed by atoms with van der Waals surface area (Å²) in [6, 6.07) is 11.4. The van der Waals surface area contributed by atoms with Gasteiger partial charge in [0.2, 0.25) is 0 Å². The van der Waals surface area contributed by atoms with Crippen LogP contribution in [-0.4, -0.2) is 29.5 Å². The summed E-state index contributed by atoms with van der Waals surface area (Å²) in [6.45, 7) is 4.31. The van der Waals surface area contributed by atoms with E-state index in [2.05, 4.69) is 15.3 Å². The fourth-order valence-corrected chi connectivity index (χ4v) is 3.15. The molecule has 29 heavy (non-hydrogen) atoms. The third-order valence-electron chi connectivity index (χ3n) is 4.87. The van der Waals surface area contributed by atoms with Crippen molar-refractivity contribution in [3.05, 3.63) is 81.5 Å². The second kappa shape index (κ2) is 9.19. The van der Waals surface area contributed by atoms with E-state index in [1.807, 2.05) is 44.2 Å². The third kappa shape index (κ3) is 4.90. The Morgan fingerprint density at radius 3 is 2.62 bits per heavy atom. The number of nitrogens with zero attached hydrogens (tertiary/aromatic N) is 1. The van der Waals surface area contributed by atoms with Crippen molar-refractivity contribution in [3.8, 4) is 16.9 Å². The topological polar surface area (TPSA) is 84.1 Å². The Kier molecular flexibility index (Phi) is 6.44. The van der Waals surface area contributed by atoms with E-state index in [1.165, 1.54) is 0 Å². The van der Waals surface area contributed by atoms with E-state index in [0.717, 1.165) is 34.6 Å². The van der Waals surface area contributed by atoms with Gasteiger partial charge in [-0.3, -0.25) is 14.6 Å². The highest BCUT2D eigenvalue weighted by Gasteiger charge is 2.11. The molecule has 0 fully saturated rings. The molecule has 0 aliphatic carbocycles. The molecule has 6 nitrogen and oxygen atoms in total. The molecular formula is C23H25N3O3. The Hall–Kier alpha value is -3.41. The molecule has 0 unspecified atom stereocenters. The van der Waals surface area contributed by atoms with Gasteiger partial charge in [0.15, 0.2) is 0 Å². The fraction of sp³-hybridized carbons (Fsp3) is 0.261. The molecule has 3 rings (SSSR count). The lowest BCUT2D eigenvalue weighted by molar-refractivity contribution is 0.0954. The number of H-pyrrole nitrogens is 1. The van der Waals surface area contributed by atoms with E-state index < -0.39 is 0 Å². The first kappa shape index (κ1) is 20.3. The van der Waals surface area contributed by atoms with E-state index in [4.69, 9.17) is 4.74 Å². The lowest BCUT2D eigenvalue weighted by Crippen LogP contribution is -2.25. The quantitative estimate of drug-likeness (QED) is 0.647. The summed E-state index contributed by atoms with van der Waals surface area (Å²) in [5.41, 5.74) is 4.67. The van der Waals surface area contributed by atoms with Gasteiger partial charge in [0.05, 0.1) is 12.7 Å². The minimum atomic E-state index is -0.175. The molecule has 2 N–H and O–H groups in total. The molecule has 1 aromatic carbocycles. The van der Waals surface area contributed by atoms with E-state index in [-0.39, 0.29) is 11.5 Å². The summed E-state index contributed by atoms with van der Waals surface area (Å²) >= 11 is 0. The van der Waals surface area contributed by atoms with E-state index >= 15 is 0 Å². The molecule has 0 spiro atoms. The predicted molar refractivity (Wildman–Crippen MR) is 113 cm³/mol. The number of methoxy groups -OCH3 is 1. The van der Waals surface area contributed by atoms with Crippen LogP contribution < -0.4 is 15.6 Å². The number of rotatable bonds is 7. The number of hydrogen-bond donors (Lipinski definition) is 2. The third-order valence-corrected chi connectivity index (χ3v) is 4.87. The molecule has 0 saturated heterocycles. The largest absolute Gasteiger partial charge is 0.497 e. The Morgan fingerprint density at radius 1 is 1.17 bits per heavy atom. The monoisotopic (exact) mass is 391 g/mol. The maximum Gasteiger partial charge on any atom is 0.252 e. The first-order valence-corrected chi connectivity index (χ1v) is 9.61. The molecule has 150 valence electrons. The summed E-state index contributed by atoms with van der Waals surface area (Å²) in [5.74, 6) is 0.634. The minimum Gasteiger partial charge on any atom is -0.497 e. The van der Waals surface area contributed by atoms with Crippen LogP contribution in [0.3, 0.4) is 0 Å². The fourth-order valence-electron chi connectivity index (χ4n) is 3.15. The number of benzene rings is 1. The van der Waals surface area contributed by atoms with Crippen LogP contribution in [0.25, 0.3) is 11.1 Å². The van der Waals surface area contributed by atoms with Crippen LogP contribution in [-0.2, 0) is 12.8 Å². The van der Waals surface area contributed by atoms with Crippen molar-refractivity contribution in [2.45, 2.75) is 26.7 Å². The van der Waals surface area contributed by atoms with Gasteiger partial charge < -0.3 is 15.0 Å². The molecule has 0 radical (unpaired) electrons. The molecule has 0 aliphatic rings. The van der Waals surface area contributed by atoms with Crippen molar-refractivity contribution in [2.75, 3.05) is 13.7 Å². The molecule has 0 aliphatic heterocycles. The maximum atomic E-state index is 12.6. The zero-order valence-electron chi connectivity index (χ0n) is 16.9. The summed E-state index contributed by atoms with van der Waals surface area (Å²) in [6.07, 6.45) is 4.62. The van der Waals surface area contributed by atoms with Crippen molar-refractivity contribution in [1.29, 1.82) is 0 Å². The lowest BCUT2D eigenvalue weighted by Gasteiger charge is -2.10. The second-order valence-electron chi connectivity index (χ2n) is 6.83. The second-order valence-corrected chi connectivity index (χ2v) is 6.83. The first-order chi connectivity index (χ1) is 14.0. The van der Waals surface area contributed by atoms with Crippen molar-refractivity contribution in [2.24, 2.45) is 0 Å². The van der Waals surface area contributed by atoms with Crippen molar-refractivity contribution >= 4 is 5.91 Å². The number of nitrogens with one attached hydrogen (secondary N) is 2. The number of aromatic amines is 1. The van der Waals surface area contributed by atoms with Gasteiger partial charge in [-0.25, -0.2) is 0 Å². The number of amides is 1. The van der Waals surface area contributed by atoms with Crippen LogP contribution in [0.1, 0.15) is 34.1 Å².